The molecule has 134 valence electrons. The number of likely N-dealkylation sites (tertiary alicyclic amines) is 1. The van der Waals surface area contributed by atoms with Crippen molar-refractivity contribution in [2.24, 2.45) is 0 Å². The highest BCUT2D eigenvalue weighted by Gasteiger charge is 2.19. The molecule has 1 saturated heterocycles. The Morgan fingerprint density at radius 2 is 1.88 bits per heavy atom. The molecule has 1 aromatic carbocycles. The summed E-state index contributed by atoms with van der Waals surface area (Å²) >= 11 is 0. The lowest BCUT2D eigenvalue weighted by Crippen LogP contribution is -2.30. The van der Waals surface area contributed by atoms with E-state index in [1.54, 1.807) is 0 Å². The molecule has 1 fully saturated rings. The van der Waals surface area contributed by atoms with Crippen LogP contribution in [0.3, 0.4) is 0 Å². The second kappa shape index (κ2) is 8.28. The van der Waals surface area contributed by atoms with E-state index >= 15 is 0 Å². The maximum Gasteiger partial charge on any atom is 0.222 e. The van der Waals surface area contributed by atoms with E-state index in [0.29, 0.717) is 19.5 Å². The molecule has 0 radical (unpaired) electrons. The van der Waals surface area contributed by atoms with Gasteiger partial charge in [0.25, 0.3) is 0 Å². The summed E-state index contributed by atoms with van der Waals surface area (Å²) in [7, 11) is 0. The number of nitrogens with one attached hydrogen (secondary N) is 1. The Morgan fingerprint density at radius 1 is 1.04 bits per heavy atom. The van der Waals surface area contributed by atoms with Gasteiger partial charge in [-0.2, -0.15) is 0 Å². The highest BCUT2D eigenvalue weighted by molar-refractivity contribution is 5.98. The number of carbonyl (C=O) groups excluding carboxylic acids is 3. The van der Waals surface area contributed by atoms with Crippen LogP contribution in [0.2, 0.25) is 0 Å². The molecule has 2 amide bonds. The van der Waals surface area contributed by atoms with Crippen LogP contribution in [0, 0.1) is 0 Å². The molecule has 0 saturated carbocycles. The van der Waals surface area contributed by atoms with Crippen molar-refractivity contribution in [1.29, 1.82) is 0 Å². The van der Waals surface area contributed by atoms with Gasteiger partial charge in [-0.15, -0.1) is 0 Å². The van der Waals surface area contributed by atoms with E-state index in [1.807, 2.05) is 17.0 Å². The van der Waals surface area contributed by atoms with E-state index < -0.39 is 0 Å². The summed E-state index contributed by atoms with van der Waals surface area (Å²) in [5.41, 5.74) is 3.36. The number of nitrogens with zero attached hydrogens (tertiary/aromatic N) is 1. The average molecular weight is 342 g/mol. The average Bonchev–Trinajstić information content (AvgIpc) is 3.24. The van der Waals surface area contributed by atoms with E-state index in [9.17, 15) is 14.4 Å². The van der Waals surface area contributed by atoms with Crippen LogP contribution in [0.15, 0.2) is 18.2 Å². The molecule has 0 aromatic heterocycles. The molecule has 1 aliphatic heterocycles. The lowest BCUT2D eigenvalue weighted by atomic mass is 10.0. The molecule has 1 aliphatic carbocycles. The topological polar surface area (TPSA) is 66.5 Å². The van der Waals surface area contributed by atoms with E-state index in [2.05, 4.69) is 11.4 Å². The van der Waals surface area contributed by atoms with Crippen LogP contribution >= 0.6 is 0 Å². The molecule has 0 unspecified atom stereocenters. The monoisotopic (exact) mass is 342 g/mol. The second-order valence-electron chi connectivity index (χ2n) is 6.95. The number of amides is 2. The zero-order valence-corrected chi connectivity index (χ0v) is 14.7. The SMILES string of the molecule is O=C(CCC(=O)c1ccc2c(c1)CCC2)NCCCN1CCCC1=O. The molecule has 0 atom stereocenters. The van der Waals surface area contributed by atoms with Crippen molar-refractivity contribution in [3.63, 3.8) is 0 Å². The van der Waals surface area contributed by atoms with Gasteiger partial charge in [0.05, 0.1) is 0 Å². The molecular formula is C20H26N2O3. The number of Topliss-reactive ketones (excluding diaryl/α,β-unsaturated/α-hetero) is 1. The molecule has 0 spiro atoms. The van der Waals surface area contributed by atoms with Gasteiger partial charge in [-0.25, -0.2) is 0 Å². The van der Waals surface area contributed by atoms with Crippen LogP contribution in [-0.4, -0.2) is 42.1 Å². The largest absolute Gasteiger partial charge is 0.356 e. The first-order valence-electron chi connectivity index (χ1n) is 9.33. The molecule has 1 aromatic rings. The third kappa shape index (κ3) is 4.68. The summed E-state index contributed by atoms with van der Waals surface area (Å²) in [5.74, 6) is 0.154. The van der Waals surface area contributed by atoms with Gasteiger partial charge in [-0.3, -0.25) is 14.4 Å². The van der Waals surface area contributed by atoms with Gasteiger partial charge in [0, 0.05) is 44.5 Å². The Hall–Kier alpha value is -2.17. The van der Waals surface area contributed by atoms with E-state index in [4.69, 9.17) is 0 Å². The first-order chi connectivity index (χ1) is 12.1. The summed E-state index contributed by atoms with van der Waals surface area (Å²) in [6.07, 6.45) is 6.14. The van der Waals surface area contributed by atoms with Crippen molar-refractivity contribution in [3.8, 4) is 0 Å². The Kier molecular flexibility index (Phi) is 5.84. The Bertz CT molecular complexity index is 669. The normalized spacial score (nSPS) is 16.2. The highest BCUT2D eigenvalue weighted by atomic mass is 16.2. The molecule has 1 heterocycles. The number of hydrogen-bond donors (Lipinski definition) is 1. The summed E-state index contributed by atoms with van der Waals surface area (Å²) < 4.78 is 0. The van der Waals surface area contributed by atoms with E-state index in [1.165, 1.54) is 17.5 Å². The van der Waals surface area contributed by atoms with Crippen molar-refractivity contribution in [3.05, 3.63) is 34.9 Å². The van der Waals surface area contributed by atoms with E-state index in [-0.39, 0.29) is 30.4 Å². The first kappa shape index (κ1) is 17.6. The van der Waals surface area contributed by atoms with Crippen LogP contribution in [0.1, 0.15) is 60.0 Å². The first-order valence-corrected chi connectivity index (χ1v) is 9.33. The Balaban J connectivity index is 1.34. The molecule has 25 heavy (non-hydrogen) atoms. The van der Waals surface area contributed by atoms with Crippen molar-refractivity contribution in [2.75, 3.05) is 19.6 Å². The van der Waals surface area contributed by atoms with Gasteiger partial charge in [0.2, 0.25) is 11.8 Å². The number of carbonyl (C=O) groups is 3. The van der Waals surface area contributed by atoms with Gasteiger partial charge in [-0.05, 0) is 49.3 Å². The molecule has 3 rings (SSSR count). The minimum Gasteiger partial charge on any atom is -0.356 e. The molecule has 5 nitrogen and oxygen atoms in total. The van der Waals surface area contributed by atoms with Gasteiger partial charge in [-0.1, -0.05) is 12.1 Å². The smallest absolute Gasteiger partial charge is 0.222 e. The Labute approximate surface area is 148 Å². The zero-order valence-electron chi connectivity index (χ0n) is 14.7. The quantitative estimate of drug-likeness (QED) is 0.582. The number of fused-ring (bicyclic) bond motifs is 1. The number of rotatable bonds is 8. The third-order valence-corrected chi connectivity index (χ3v) is 5.10. The number of ketones is 1. The lowest BCUT2D eigenvalue weighted by Gasteiger charge is -2.15. The van der Waals surface area contributed by atoms with Crippen LogP contribution in [0.5, 0.6) is 0 Å². The summed E-state index contributed by atoms with van der Waals surface area (Å²) in [6.45, 7) is 2.09. The predicted molar refractivity (Wildman–Crippen MR) is 95.5 cm³/mol. The number of benzene rings is 1. The molecule has 2 aliphatic rings. The van der Waals surface area contributed by atoms with Crippen molar-refractivity contribution < 1.29 is 14.4 Å². The standard InChI is InChI=1S/C20H26N2O3/c23-18(17-8-7-15-4-1-5-16(15)14-17)9-10-19(24)21-11-3-13-22-12-2-6-20(22)25/h7-8,14H,1-6,9-13H2,(H,21,24). The van der Waals surface area contributed by atoms with Crippen LogP contribution in [0.25, 0.3) is 0 Å². The Morgan fingerprint density at radius 3 is 2.68 bits per heavy atom. The fourth-order valence-electron chi connectivity index (χ4n) is 3.64. The van der Waals surface area contributed by atoms with Crippen molar-refractivity contribution in [1.82, 2.24) is 10.2 Å². The number of hydrogen-bond acceptors (Lipinski definition) is 3. The van der Waals surface area contributed by atoms with Crippen LogP contribution < -0.4 is 5.32 Å². The van der Waals surface area contributed by atoms with Gasteiger partial charge >= 0.3 is 0 Å². The summed E-state index contributed by atoms with van der Waals surface area (Å²) in [4.78, 5) is 37.5. The minimum absolute atomic E-state index is 0.0347. The van der Waals surface area contributed by atoms with Gasteiger partial charge in [0.1, 0.15) is 0 Å². The zero-order chi connectivity index (χ0) is 17.6. The van der Waals surface area contributed by atoms with Gasteiger partial charge < -0.3 is 10.2 Å². The second-order valence-corrected chi connectivity index (χ2v) is 6.95. The van der Waals surface area contributed by atoms with Gasteiger partial charge in [0.15, 0.2) is 5.78 Å². The van der Waals surface area contributed by atoms with E-state index in [0.717, 1.165) is 37.8 Å². The van der Waals surface area contributed by atoms with Crippen LogP contribution in [0.4, 0.5) is 0 Å². The highest BCUT2D eigenvalue weighted by Crippen LogP contribution is 2.23. The third-order valence-electron chi connectivity index (χ3n) is 5.10. The molecule has 5 heteroatoms. The minimum atomic E-state index is -0.0951. The molecular weight excluding hydrogens is 316 g/mol. The van der Waals surface area contributed by atoms with Crippen LogP contribution in [-0.2, 0) is 22.4 Å². The fourth-order valence-corrected chi connectivity index (χ4v) is 3.64. The van der Waals surface area contributed by atoms with Crippen molar-refractivity contribution in [2.45, 2.75) is 51.4 Å². The van der Waals surface area contributed by atoms with Crippen molar-refractivity contribution >= 4 is 17.6 Å². The fraction of sp³-hybridized carbons (Fsp3) is 0.550. The number of aryl methyl sites for hydroxylation is 2. The molecule has 1 N–H and O–H groups in total. The molecule has 0 bridgehead atoms. The lowest BCUT2D eigenvalue weighted by molar-refractivity contribution is -0.127. The maximum absolute atomic E-state index is 12.3. The maximum atomic E-state index is 12.3. The summed E-state index contributed by atoms with van der Waals surface area (Å²) in [6, 6.07) is 5.93. The predicted octanol–water partition coefficient (Wildman–Crippen LogP) is 2.27. The summed E-state index contributed by atoms with van der Waals surface area (Å²) in [5, 5.41) is 2.84.